The van der Waals surface area contributed by atoms with Crippen LogP contribution >= 0.6 is 34.3 Å². The number of hydrogen-bond donors (Lipinski definition) is 2. The number of aromatic nitrogens is 1. The maximum atomic E-state index is 12.1. The van der Waals surface area contributed by atoms with Gasteiger partial charge in [-0.05, 0) is 29.8 Å². The number of carbonyl (C=O) groups is 1. The number of carbonyl (C=O) groups excluding carboxylic acids is 1. The van der Waals surface area contributed by atoms with E-state index in [4.69, 9.17) is 22.7 Å². The van der Waals surface area contributed by atoms with Gasteiger partial charge in [-0.15, -0.1) is 22.7 Å². The third-order valence-electron chi connectivity index (χ3n) is 3.00. The van der Waals surface area contributed by atoms with E-state index >= 15 is 0 Å². The van der Waals surface area contributed by atoms with Crippen molar-refractivity contribution in [3.63, 3.8) is 0 Å². The summed E-state index contributed by atoms with van der Waals surface area (Å²) in [4.78, 5) is 16.1. The molecule has 0 amide bonds. The lowest BCUT2D eigenvalue weighted by atomic mass is 10.2. The average molecular weight is 416 g/mol. The number of nitrogens with one attached hydrogen (secondary N) is 1. The number of nitrogens with two attached hydrogens (primary N) is 1. The Labute approximate surface area is 155 Å². The molecular weight excluding hydrogens is 406 g/mol. The van der Waals surface area contributed by atoms with Crippen molar-refractivity contribution in [1.29, 1.82) is 5.41 Å². The number of thiazole rings is 1. The van der Waals surface area contributed by atoms with Gasteiger partial charge < -0.3 is 9.92 Å². The van der Waals surface area contributed by atoms with E-state index in [1.807, 2.05) is 0 Å². The summed E-state index contributed by atoms with van der Waals surface area (Å²) < 4.78 is 29.9. The van der Waals surface area contributed by atoms with E-state index in [9.17, 15) is 13.2 Å². The van der Waals surface area contributed by atoms with Crippen LogP contribution in [0.3, 0.4) is 0 Å². The van der Waals surface area contributed by atoms with Crippen LogP contribution in [0, 0.1) is 5.41 Å². The van der Waals surface area contributed by atoms with Crippen LogP contribution in [0.4, 0.5) is 0 Å². The van der Waals surface area contributed by atoms with E-state index in [1.54, 1.807) is 18.2 Å². The van der Waals surface area contributed by atoms with Crippen molar-refractivity contribution < 1.29 is 17.4 Å². The number of benzene rings is 1. The third kappa shape index (κ3) is 4.15. The van der Waals surface area contributed by atoms with Crippen molar-refractivity contribution >= 4 is 66.4 Å². The largest absolute Gasteiger partial charge is 0.382 e. The van der Waals surface area contributed by atoms with E-state index < -0.39 is 21.8 Å². The molecule has 1 aromatic carbocycles. The van der Waals surface area contributed by atoms with E-state index in [0.29, 0.717) is 25.1 Å². The van der Waals surface area contributed by atoms with Crippen molar-refractivity contribution in [3.05, 3.63) is 50.1 Å². The van der Waals surface area contributed by atoms with E-state index in [-0.39, 0.29) is 10.7 Å². The van der Waals surface area contributed by atoms with E-state index in [0.717, 1.165) is 11.3 Å². The number of fused-ring (bicyclic) bond motifs is 1. The normalized spacial score (nSPS) is 11.6. The van der Waals surface area contributed by atoms with Gasteiger partial charge in [0, 0.05) is 0 Å². The van der Waals surface area contributed by atoms with Gasteiger partial charge in [0.25, 0.3) is 0 Å². The molecule has 0 radical (unpaired) electrons. The topological polar surface area (TPSA) is 123 Å². The fourth-order valence-electron chi connectivity index (χ4n) is 1.99. The molecule has 0 aliphatic carbocycles. The Morgan fingerprint density at radius 2 is 2.04 bits per heavy atom. The first kappa shape index (κ1) is 17.8. The summed E-state index contributed by atoms with van der Waals surface area (Å²) in [5.41, 5.74) is 6.44. The van der Waals surface area contributed by atoms with Gasteiger partial charge in [0.15, 0.2) is 10.8 Å². The van der Waals surface area contributed by atoms with Gasteiger partial charge in [0.2, 0.25) is 0 Å². The maximum Gasteiger partial charge on any atom is 0.363 e. The monoisotopic (exact) mass is 415 g/mol. The number of nitrogens with zero attached hydrogens (tertiary/aromatic N) is 1. The SMILES string of the molecule is N=C(N)c1nc2ccc(CS(=O)(=O)OC(=O)c3ccc(Cl)s3)cc2s1. The molecule has 3 aromatic rings. The van der Waals surface area contributed by atoms with Crippen molar-refractivity contribution in [2.75, 3.05) is 0 Å². The van der Waals surface area contributed by atoms with Gasteiger partial charge in [-0.2, -0.15) is 8.42 Å². The molecular formula is C14H10ClN3O4S3. The highest BCUT2D eigenvalue weighted by molar-refractivity contribution is 7.86. The molecule has 3 rings (SSSR count). The van der Waals surface area contributed by atoms with Crippen molar-refractivity contribution in [2.24, 2.45) is 5.73 Å². The van der Waals surface area contributed by atoms with Gasteiger partial charge in [-0.1, -0.05) is 17.7 Å². The zero-order valence-corrected chi connectivity index (χ0v) is 15.6. The number of hydrogen-bond acceptors (Lipinski definition) is 8. The molecule has 0 saturated carbocycles. The fourth-order valence-corrected chi connectivity index (χ4v) is 4.82. The molecule has 0 bridgehead atoms. The highest BCUT2D eigenvalue weighted by Crippen LogP contribution is 2.25. The first-order valence-electron chi connectivity index (χ1n) is 6.69. The Morgan fingerprint density at radius 3 is 2.68 bits per heavy atom. The summed E-state index contributed by atoms with van der Waals surface area (Å²) in [5, 5.41) is 7.75. The Kier molecular flexibility index (Phi) is 4.78. The summed E-state index contributed by atoms with van der Waals surface area (Å²) in [7, 11) is -4.12. The van der Waals surface area contributed by atoms with Crippen LogP contribution in [0.1, 0.15) is 20.2 Å². The molecule has 0 atom stereocenters. The van der Waals surface area contributed by atoms with Gasteiger partial charge >= 0.3 is 16.1 Å². The molecule has 2 heterocycles. The van der Waals surface area contributed by atoms with E-state index in [2.05, 4.69) is 9.17 Å². The van der Waals surface area contributed by atoms with Crippen molar-refractivity contribution in [1.82, 2.24) is 4.98 Å². The second kappa shape index (κ2) is 6.71. The second-order valence-corrected chi connectivity index (χ2v) is 9.23. The highest BCUT2D eigenvalue weighted by Gasteiger charge is 2.21. The van der Waals surface area contributed by atoms with Gasteiger partial charge in [-0.3, -0.25) is 5.41 Å². The van der Waals surface area contributed by atoms with E-state index in [1.165, 1.54) is 23.5 Å². The zero-order chi connectivity index (χ0) is 18.2. The minimum absolute atomic E-state index is 0.109. The molecule has 0 unspecified atom stereocenters. The van der Waals surface area contributed by atoms with Crippen LogP contribution in [0.5, 0.6) is 0 Å². The molecule has 3 N–H and O–H groups in total. The summed E-state index contributed by atoms with van der Waals surface area (Å²) in [6.07, 6.45) is 0. The standard InChI is InChI=1S/C14H10ClN3O4S3/c15-11-4-3-9(23-11)14(19)22-25(20,21)6-7-1-2-8-10(5-7)24-13(18-8)12(16)17/h1-5H,6H2,(H3,16,17). The molecule has 11 heteroatoms. The van der Waals surface area contributed by atoms with Crippen LogP contribution in [0.25, 0.3) is 10.2 Å². The Bertz CT molecular complexity index is 1090. The van der Waals surface area contributed by atoms with Gasteiger partial charge in [-0.25, -0.2) is 9.78 Å². The summed E-state index contributed by atoms with van der Waals surface area (Å²) in [6, 6.07) is 7.70. The molecule has 0 saturated heterocycles. The minimum Gasteiger partial charge on any atom is -0.382 e. The second-order valence-electron chi connectivity index (χ2n) is 4.91. The lowest BCUT2D eigenvalue weighted by Gasteiger charge is -2.04. The number of thiophene rings is 1. The maximum absolute atomic E-state index is 12.1. The molecule has 130 valence electrons. The van der Waals surface area contributed by atoms with Crippen molar-refractivity contribution in [2.45, 2.75) is 5.75 Å². The van der Waals surface area contributed by atoms with Crippen LogP contribution < -0.4 is 5.73 Å². The lowest BCUT2D eigenvalue weighted by molar-refractivity contribution is 0.0751. The molecule has 0 aliphatic rings. The average Bonchev–Trinajstić information content (AvgIpc) is 3.12. The first-order chi connectivity index (χ1) is 11.7. The smallest absolute Gasteiger partial charge is 0.363 e. The number of amidine groups is 1. The van der Waals surface area contributed by atoms with Crippen molar-refractivity contribution in [3.8, 4) is 0 Å². The third-order valence-corrected chi connectivity index (χ3v) is 6.36. The molecule has 2 aromatic heterocycles. The van der Waals surface area contributed by atoms with Crippen LogP contribution in [0.15, 0.2) is 30.3 Å². The number of rotatable bonds is 5. The molecule has 0 aliphatic heterocycles. The van der Waals surface area contributed by atoms with Gasteiger partial charge in [0.05, 0.1) is 14.6 Å². The highest BCUT2D eigenvalue weighted by atomic mass is 35.5. The predicted octanol–water partition coefficient (Wildman–Crippen LogP) is 2.98. The van der Waals surface area contributed by atoms with Crippen LogP contribution in [-0.4, -0.2) is 25.2 Å². The lowest BCUT2D eigenvalue weighted by Crippen LogP contribution is -2.14. The molecule has 0 spiro atoms. The summed E-state index contributed by atoms with van der Waals surface area (Å²) in [6.45, 7) is 0. The molecule has 0 fully saturated rings. The number of nitrogen functional groups attached to an aromatic ring is 1. The summed E-state index contributed by atoms with van der Waals surface area (Å²) in [5.74, 6) is -1.59. The Hall–Kier alpha value is -2.01. The Morgan fingerprint density at radius 1 is 1.28 bits per heavy atom. The molecule has 7 nitrogen and oxygen atoms in total. The molecule has 25 heavy (non-hydrogen) atoms. The van der Waals surface area contributed by atoms with Crippen LogP contribution in [0.2, 0.25) is 4.34 Å². The minimum atomic E-state index is -4.12. The fraction of sp³-hybridized carbons (Fsp3) is 0.0714. The zero-order valence-electron chi connectivity index (χ0n) is 12.4. The van der Waals surface area contributed by atoms with Crippen LogP contribution in [-0.2, 0) is 20.1 Å². The predicted molar refractivity (Wildman–Crippen MR) is 98.0 cm³/mol. The first-order valence-corrected chi connectivity index (χ1v) is 10.3. The summed E-state index contributed by atoms with van der Waals surface area (Å²) >= 11 is 7.84. The quantitative estimate of drug-likeness (QED) is 0.375. The number of halogens is 1. The van der Waals surface area contributed by atoms with Gasteiger partial charge in [0.1, 0.15) is 10.6 Å². The Balaban J connectivity index is 1.79.